The van der Waals surface area contributed by atoms with Gasteiger partial charge >= 0.3 is 0 Å². The molecule has 2 aromatic heterocycles. The number of hydrogen-bond acceptors (Lipinski definition) is 5. The second kappa shape index (κ2) is 9.14. The van der Waals surface area contributed by atoms with Gasteiger partial charge in [-0.2, -0.15) is 0 Å². The summed E-state index contributed by atoms with van der Waals surface area (Å²) < 4.78 is 2.04. The van der Waals surface area contributed by atoms with Crippen LogP contribution in [0.15, 0.2) is 29.1 Å². The average molecular weight is 435 g/mol. The molecular weight excluding hydrogens is 400 g/mol. The van der Waals surface area contributed by atoms with Crippen LogP contribution in [0.2, 0.25) is 0 Å². The number of aromatic nitrogens is 5. The van der Waals surface area contributed by atoms with Gasteiger partial charge in [-0.1, -0.05) is 39.2 Å². The van der Waals surface area contributed by atoms with Crippen LogP contribution in [-0.4, -0.2) is 43.2 Å². The highest BCUT2D eigenvalue weighted by Crippen LogP contribution is 2.34. The first-order valence-electron chi connectivity index (χ1n) is 12.3. The number of piperidine rings is 1. The number of aromatic amines is 1. The number of nitrogens with one attached hydrogen (secondary N) is 1. The number of likely N-dealkylation sites (tertiary alicyclic amines) is 1. The number of H-pyrrole nitrogens is 1. The van der Waals surface area contributed by atoms with Crippen LogP contribution in [-0.2, 0) is 6.42 Å². The van der Waals surface area contributed by atoms with Gasteiger partial charge in [0.15, 0.2) is 5.82 Å². The van der Waals surface area contributed by atoms with E-state index in [0.29, 0.717) is 12.0 Å². The van der Waals surface area contributed by atoms with E-state index in [2.05, 4.69) is 57.5 Å². The molecule has 5 rings (SSSR count). The minimum Gasteiger partial charge on any atom is -0.322 e. The maximum atomic E-state index is 13.4. The van der Waals surface area contributed by atoms with Crippen molar-refractivity contribution in [3.05, 3.63) is 51.6 Å². The minimum absolute atomic E-state index is 0.0387. The summed E-state index contributed by atoms with van der Waals surface area (Å²) in [4.78, 5) is 18.9. The summed E-state index contributed by atoms with van der Waals surface area (Å²) in [6.45, 7) is 6.36. The molecule has 0 bridgehead atoms. The van der Waals surface area contributed by atoms with E-state index in [4.69, 9.17) is 0 Å². The minimum atomic E-state index is -0.229. The molecule has 0 radical (unpaired) electrons. The lowest BCUT2D eigenvalue weighted by atomic mass is 9.93. The fourth-order valence-corrected chi connectivity index (χ4v) is 5.62. The van der Waals surface area contributed by atoms with Crippen LogP contribution in [0.4, 0.5) is 0 Å². The van der Waals surface area contributed by atoms with Crippen molar-refractivity contribution in [2.75, 3.05) is 13.1 Å². The number of nitrogens with zero attached hydrogens (tertiary/aromatic N) is 5. The molecule has 2 aliphatic rings. The van der Waals surface area contributed by atoms with E-state index >= 15 is 0 Å². The molecule has 7 heteroatoms. The Morgan fingerprint density at radius 3 is 2.75 bits per heavy atom. The van der Waals surface area contributed by atoms with Gasteiger partial charge in [-0.25, -0.2) is 4.68 Å². The molecule has 0 amide bonds. The number of fused-ring (bicyclic) bond motifs is 1. The summed E-state index contributed by atoms with van der Waals surface area (Å²) in [5.41, 5.74) is 2.87. The summed E-state index contributed by atoms with van der Waals surface area (Å²) in [5.74, 6) is 1.42. The van der Waals surface area contributed by atoms with Gasteiger partial charge in [0.1, 0.15) is 6.04 Å². The van der Waals surface area contributed by atoms with Gasteiger partial charge in [0.2, 0.25) is 0 Å². The molecule has 7 nitrogen and oxygen atoms in total. The number of rotatable bonds is 5. The molecule has 1 saturated carbocycles. The number of aryl methyl sites for hydroxylation is 1. The molecule has 1 aromatic carbocycles. The topological polar surface area (TPSA) is 79.7 Å². The lowest BCUT2D eigenvalue weighted by Gasteiger charge is -2.37. The van der Waals surface area contributed by atoms with Crippen LogP contribution in [0.1, 0.15) is 87.8 Å². The average Bonchev–Trinajstić information content (AvgIpc) is 3.29. The Morgan fingerprint density at radius 1 is 1.12 bits per heavy atom. The summed E-state index contributed by atoms with van der Waals surface area (Å²) in [6.07, 6.45) is 9.25. The largest absolute Gasteiger partial charge is 0.322 e. The fraction of sp³-hybridized carbons (Fsp3) is 0.600. The van der Waals surface area contributed by atoms with E-state index in [9.17, 15) is 4.79 Å². The van der Waals surface area contributed by atoms with Gasteiger partial charge < -0.3 is 4.98 Å². The molecule has 3 heterocycles. The van der Waals surface area contributed by atoms with E-state index in [0.717, 1.165) is 61.1 Å². The standard InChI is InChI=1S/C25H34N6O/c1-3-18-11-12-22-19(14-18)15-21(25(32)26-22)23(30-13-7-8-17(2)16-30)24-27-28-29-31(24)20-9-5-4-6-10-20/h11-12,14-15,17,20,23H,3-10,13,16H2,1-2H3,(H,26,32)/t17-,23+/m1/s1. The van der Waals surface area contributed by atoms with E-state index in [1.54, 1.807) is 0 Å². The zero-order valence-electron chi connectivity index (χ0n) is 19.3. The van der Waals surface area contributed by atoms with Gasteiger partial charge in [0, 0.05) is 17.6 Å². The molecule has 1 saturated heterocycles. The van der Waals surface area contributed by atoms with Crippen molar-refractivity contribution in [1.29, 1.82) is 0 Å². The summed E-state index contributed by atoms with van der Waals surface area (Å²) in [7, 11) is 0. The molecule has 32 heavy (non-hydrogen) atoms. The van der Waals surface area contributed by atoms with Crippen molar-refractivity contribution in [2.24, 2.45) is 5.92 Å². The first kappa shape index (κ1) is 21.3. The number of tetrazole rings is 1. The van der Waals surface area contributed by atoms with E-state index in [-0.39, 0.29) is 11.6 Å². The van der Waals surface area contributed by atoms with E-state index < -0.39 is 0 Å². The normalized spacial score (nSPS) is 21.8. The number of hydrogen-bond donors (Lipinski definition) is 1. The maximum Gasteiger partial charge on any atom is 0.253 e. The molecular formula is C25H34N6O. The van der Waals surface area contributed by atoms with Crippen LogP contribution in [0.3, 0.4) is 0 Å². The Kier molecular flexibility index (Phi) is 6.09. The Hall–Kier alpha value is -2.54. The summed E-state index contributed by atoms with van der Waals surface area (Å²) in [5, 5.41) is 14.1. The highest BCUT2D eigenvalue weighted by molar-refractivity contribution is 5.80. The van der Waals surface area contributed by atoms with Crippen molar-refractivity contribution < 1.29 is 0 Å². The second-order valence-electron chi connectivity index (χ2n) is 9.75. The zero-order valence-corrected chi connectivity index (χ0v) is 19.3. The lowest BCUT2D eigenvalue weighted by Crippen LogP contribution is -2.41. The molecule has 1 N–H and O–H groups in total. The molecule has 2 fully saturated rings. The van der Waals surface area contributed by atoms with Gasteiger partial charge in [-0.15, -0.1) is 5.10 Å². The maximum absolute atomic E-state index is 13.4. The van der Waals surface area contributed by atoms with Crippen LogP contribution in [0.5, 0.6) is 0 Å². The lowest BCUT2D eigenvalue weighted by molar-refractivity contribution is 0.138. The van der Waals surface area contributed by atoms with E-state index in [1.807, 2.05) is 10.7 Å². The molecule has 0 unspecified atom stereocenters. The zero-order chi connectivity index (χ0) is 22.1. The Labute approximate surface area is 189 Å². The van der Waals surface area contributed by atoms with Crippen molar-refractivity contribution in [2.45, 2.75) is 77.3 Å². The van der Waals surface area contributed by atoms with Crippen molar-refractivity contribution >= 4 is 10.9 Å². The quantitative estimate of drug-likeness (QED) is 0.644. The number of pyridine rings is 1. The monoisotopic (exact) mass is 434 g/mol. The molecule has 1 aliphatic carbocycles. The first-order valence-corrected chi connectivity index (χ1v) is 12.3. The summed E-state index contributed by atoms with van der Waals surface area (Å²) in [6, 6.07) is 8.47. The smallest absolute Gasteiger partial charge is 0.253 e. The highest BCUT2D eigenvalue weighted by atomic mass is 16.1. The summed E-state index contributed by atoms with van der Waals surface area (Å²) >= 11 is 0. The third kappa shape index (κ3) is 4.10. The van der Waals surface area contributed by atoms with Crippen LogP contribution in [0.25, 0.3) is 10.9 Å². The Balaban J connectivity index is 1.64. The van der Waals surface area contributed by atoms with Crippen molar-refractivity contribution in [3.63, 3.8) is 0 Å². The molecule has 0 spiro atoms. The molecule has 1 aliphatic heterocycles. The van der Waals surface area contributed by atoms with Crippen molar-refractivity contribution in [1.82, 2.24) is 30.1 Å². The Morgan fingerprint density at radius 2 is 1.97 bits per heavy atom. The molecule has 3 aromatic rings. The predicted molar refractivity (Wildman–Crippen MR) is 126 cm³/mol. The SMILES string of the molecule is CCc1ccc2[nH]c(=O)c([C@@H](c3nnnn3C3CCCCC3)N3CCC[C@@H](C)C3)cc2c1. The number of benzene rings is 1. The Bertz CT molecular complexity index is 1130. The predicted octanol–water partition coefficient (Wildman–Crippen LogP) is 4.40. The second-order valence-corrected chi connectivity index (χ2v) is 9.75. The van der Waals surface area contributed by atoms with Gasteiger partial charge in [-0.05, 0) is 84.1 Å². The van der Waals surface area contributed by atoms with Crippen LogP contribution >= 0.6 is 0 Å². The fourth-order valence-electron chi connectivity index (χ4n) is 5.62. The van der Waals surface area contributed by atoms with E-state index in [1.165, 1.54) is 31.2 Å². The third-order valence-electron chi connectivity index (χ3n) is 7.38. The highest BCUT2D eigenvalue weighted by Gasteiger charge is 2.34. The van der Waals surface area contributed by atoms with Crippen LogP contribution < -0.4 is 5.56 Å². The first-order chi connectivity index (χ1) is 15.6. The van der Waals surface area contributed by atoms with Gasteiger partial charge in [0.05, 0.1) is 6.04 Å². The van der Waals surface area contributed by atoms with Crippen LogP contribution in [0, 0.1) is 5.92 Å². The van der Waals surface area contributed by atoms with Crippen molar-refractivity contribution in [3.8, 4) is 0 Å². The third-order valence-corrected chi connectivity index (χ3v) is 7.38. The van der Waals surface area contributed by atoms with Gasteiger partial charge in [-0.3, -0.25) is 9.69 Å². The van der Waals surface area contributed by atoms with Gasteiger partial charge in [0.25, 0.3) is 5.56 Å². The molecule has 170 valence electrons. The molecule has 2 atom stereocenters.